The summed E-state index contributed by atoms with van der Waals surface area (Å²) in [6.07, 6.45) is 0. The van der Waals surface area contributed by atoms with Crippen LogP contribution in [0.3, 0.4) is 0 Å². The summed E-state index contributed by atoms with van der Waals surface area (Å²) >= 11 is 0. The third-order valence-corrected chi connectivity index (χ3v) is 4.04. The van der Waals surface area contributed by atoms with Crippen LogP contribution in [0.1, 0.15) is 29.8 Å². The Morgan fingerprint density at radius 2 is 1.71 bits per heavy atom. The SMILES string of the molecule is COc1ccc(C(=O)NC(C)(C)c2ccc3c(c2)OCCO3)cc1. The van der Waals surface area contributed by atoms with Gasteiger partial charge in [0.15, 0.2) is 11.5 Å². The highest BCUT2D eigenvalue weighted by Crippen LogP contribution is 2.34. The molecule has 126 valence electrons. The molecule has 5 heteroatoms. The molecule has 1 aliphatic rings. The third-order valence-electron chi connectivity index (χ3n) is 4.04. The highest BCUT2D eigenvalue weighted by atomic mass is 16.6. The first kappa shape index (κ1) is 16.2. The number of hydrogen-bond donors (Lipinski definition) is 1. The molecule has 1 amide bonds. The first-order chi connectivity index (χ1) is 11.5. The van der Waals surface area contributed by atoms with Crippen molar-refractivity contribution in [1.82, 2.24) is 5.32 Å². The molecular formula is C19H21NO4. The lowest BCUT2D eigenvalue weighted by atomic mass is 9.93. The normalized spacial score (nSPS) is 13.3. The van der Waals surface area contributed by atoms with Gasteiger partial charge in [-0.3, -0.25) is 4.79 Å². The lowest BCUT2D eigenvalue weighted by molar-refractivity contribution is 0.0911. The summed E-state index contributed by atoms with van der Waals surface area (Å²) in [5, 5.41) is 3.06. The van der Waals surface area contributed by atoms with E-state index in [9.17, 15) is 4.79 Å². The monoisotopic (exact) mass is 327 g/mol. The number of ether oxygens (including phenoxy) is 3. The van der Waals surface area contributed by atoms with Gasteiger partial charge in [0, 0.05) is 5.56 Å². The lowest BCUT2D eigenvalue weighted by Gasteiger charge is -2.28. The van der Waals surface area contributed by atoms with Crippen molar-refractivity contribution in [2.45, 2.75) is 19.4 Å². The Hall–Kier alpha value is -2.69. The van der Waals surface area contributed by atoms with E-state index < -0.39 is 5.54 Å². The largest absolute Gasteiger partial charge is 0.497 e. The number of hydrogen-bond acceptors (Lipinski definition) is 4. The predicted molar refractivity (Wildman–Crippen MR) is 90.9 cm³/mol. The minimum Gasteiger partial charge on any atom is -0.497 e. The van der Waals surface area contributed by atoms with E-state index in [4.69, 9.17) is 14.2 Å². The Bertz CT molecular complexity index is 738. The Morgan fingerprint density at radius 3 is 2.38 bits per heavy atom. The van der Waals surface area contributed by atoms with Crippen LogP contribution in [0, 0.1) is 0 Å². The summed E-state index contributed by atoms with van der Waals surface area (Å²) in [6.45, 7) is 5.01. The number of amides is 1. The summed E-state index contributed by atoms with van der Waals surface area (Å²) < 4.78 is 16.3. The van der Waals surface area contributed by atoms with E-state index in [-0.39, 0.29) is 5.91 Å². The van der Waals surface area contributed by atoms with E-state index in [0.29, 0.717) is 24.5 Å². The minimum atomic E-state index is -0.549. The van der Waals surface area contributed by atoms with Crippen molar-refractivity contribution >= 4 is 5.91 Å². The lowest BCUT2D eigenvalue weighted by Crippen LogP contribution is -2.41. The summed E-state index contributed by atoms with van der Waals surface area (Å²) in [5.41, 5.74) is 0.988. The summed E-state index contributed by atoms with van der Waals surface area (Å²) in [6, 6.07) is 12.8. The fourth-order valence-electron chi connectivity index (χ4n) is 2.60. The van der Waals surface area contributed by atoms with E-state index >= 15 is 0 Å². The molecule has 2 aromatic rings. The van der Waals surface area contributed by atoms with Crippen LogP contribution in [0.25, 0.3) is 0 Å². The molecule has 0 unspecified atom stereocenters. The third kappa shape index (κ3) is 3.30. The summed E-state index contributed by atoms with van der Waals surface area (Å²) in [5.74, 6) is 2.03. The zero-order valence-corrected chi connectivity index (χ0v) is 14.1. The van der Waals surface area contributed by atoms with Gasteiger partial charge in [-0.1, -0.05) is 6.07 Å². The fourth-order valence-corrected chi connectivity index (χ4v) is 2.60. The minimum absolute atomic E-state index is 0.141. The van der Waals surface area contributed by atoms with Crippen LogP contribution in [0.4, 0.5) is 0 Å². The fraction of sp³-hybridized carbons (Fsp3) is 0.316. The van der Waals surface area contributed by atoms with Gasteiger partial charge in [-0.2, -0.15) is 0 Å². The number of nitrogens with one attached hydrogen (secondary N) is 1. The molecule has 1 heterocycles. The second kappa shape index (κ2) is 6.43. The topological polar surface area (TPSA) is 56.8 Å². The van der Waals surface area contributed by atoms with Gasteiger partial charge in [-0.25, -0.2) is 0 Å². The second-order valence-electron chi connectivity index (χ2n) is 6.17. The van der Waals surface area contributed by atoms with Crippen molar-refractivity contribution in [1.29, 1.82) is 0 Å². The highest BCUT2D eigenvalue weighted by Gasteiger charge is 2.25. The molecule has 0 aliphatic carbocycles. The molecule has 1 N–H and O–H groups in total. The Labute approximate surface area is 141 Å². The molecule has 0 atom stereocenters. The maximum Gasteiger partial charge on any atom is 0.251 e. The molecule has 0 saturated heterocycles. The molecule has 0 saturated carbocycles. The average molecular weight is 327 g/mol. The van der Waals surface area contributed by atoms with E-state index in [0.717, 1.165) is 17.1 Å². The van der Waals surface area contributed by atoms with Crippen LogP contribution in [-0.4, -0.2) is 26.2 Å². The average Bonchev–Trinajstić information content (AvgIpc) is 2.61. The number of rotatable bonds is 4. The van der Waals surface area contributed by atoms with Crippen LogP contribution >= 0.6 is 0 Å². The maximum absolute atomic E-state index is 12.5. The number of carbonyl (C=O) groups is 1. The first-order valence-corrected chi connectivity index (χ1v) is 7.86. The number of benzene rings is 2. The van der Waals surface area contributed by atoms with Gasteiger partial charge in [0.1, 0.15) is 19.0 Å². The number of methoxy groups -OCH3 is 1. The van der Waals surface area contributed by atoms with Crippen molar-refractivity contribution in [2.75, 3.05) is 20.3 Å². The van der Waals surface area contributed by atoms with Crippen molar-refractivity contribution in [3.63, 3.8) is 0 Å². The van der Waals surface area contributed by atoms with Gasteiger partial charge in [-0.15, -0.1) is 0 Å². The second-order valence-corrected chi connectivity index (χ2v) is 6.17. The predicted octanol–water partition coefficient (Wildman–Crippen LogP) is 3.13. The van der Waals surface area contributed by atoms with Crippen molar-refractivity contribution in [2.24, 2.45) is 0 Å². The molecule has 3 rings (SSSR count). The van der Waals surface area contributed by atoms with E-state index in [1.54, 1.807) is 31.4 Å². The molecule has 2 aromatic carbocycles. The maximum atomic E-state index is 12.5. The smallest absolute Gasteiger partial charge is 0.251 e. The zero-order chi connectivity index (χ0) is 17.2. The first-order valence-electron chi connectivity index (χ1n) is 7.86. The van der Waals surface area contributed by atoms with Crippen LogP contribution in [-0.2, 0) is 5.54 Å². The molecular weight excluding hydrogens is 306 g/mol. The van der Waals surface area contributed by atoms with Crippen LogP contribution in [0.5, 0.6) is 17.2 Å². The summed E-state index contributed by atoms with van der Waals surface area (Å²) in [7, 11) is 1.60. The molecule has 24 heavy (non-hydrogen) atoms. The Kier molecular flexibility index (Phi) is 4.34. The van der Waals surface area contributed by atoms with E-state index in [2.05, 4.69) is 5.32 Å². The number of carbonyl (C=O) groups excluding carboxylic acids is 1. The van der Waals surface area contributed by atoms with Crippen LogP contribution < -0.4 is 19.5 Å². The van der Waals surface area contributed by atoms with E-state index in [1.165, 1.54) is 0 Å². The summed E-state index contributed by atoms with van der Waals surface area (Å²) in [4.78, 5) is 12.5. The van der Waals surface area contributed by atoms with Crippen LogP contribution in [0.15, 0.2) is 42.5 Å². The van der Waals surface area contributed by atoms with Crippen molar-refractivity contribution in [3.8, 4) is 17.2 Å². The molecule has 0 aromatic heterocycles. The van der Waals surface area contributed by atoms with Gasteiger partial charge in [0.05, 0.1) is 12.6 Å². The Balaban J connectivity index is 1.78. The van der Waals surface area contributed by atoms with Crippen LogP contribution in [0.2, 0.25) is 0 Å². The van der Waals surface area contributed by atoms with Crippen molar-refractivity contribution < 1.29 is 19.0 Å². The zero-order valence-electron chi connectivity index (χ0n) is 14.1. The highest BCUT2D eigenvalue weighted by molar-refractivity contribution is 5.94. The molecule has 5 nitrogen and oxygen atoms in total. The van der Waals surface area contributed by atoms with Gasteiger partial charge < -0.3 is 19.5 Å². The standard InChI is InChI=1S/C19H21NO4/c1-19(2,14-6-9-16-17(12-14)24-11-10-23-16)20-18(21)13-4-7-15(22-3)8-5-13/h4-9,12H,10-11H2,1-3H3,(H,20,21). The van der Waals surface area contributed by atoms with Crippen molar-refractivity contribution in [3.05, 3.63) is 53.6 Å². The van der Waals surface area contributed by atoms with Gasteiger partial charge in [-0.05, 0) is 55.8 Å². The Morgan fingerprint density at radius 1 is 1.04 bits per heavy atom. The van der Waals surface area contributed by atoms with E-state index in [1.807, 2.05) is 32.0 Å². The van der Waals surface area contributed by atoms with Gasteiger partial charge in [0.2, 0.25) is 0 Å². The molecule has 0 radical (unpaired) electrons. The quantitative estimate of drug-likeness (QED) is 0.937. The molecule has 0 bridgehead atoms. The number of fused-ring (bicyclic) bond motifs is 1. The molecule has 0 spiro atoms. The van der Waals surface area contributed by atoms with Gasteiger partial charge >= 0.3 is 0 Å². The molecule has 1 aliphatic heterocycles. The molecule has 0 fully saturated rings. The van der Waals surface area contributed by atoms with Gasteiger partial charge in [0.25, 0.3) is 5.91 Å².